The molecule has 0 unspecified atom stereocenters. The minimum atomic E-state index is 0.413. The van der Waals surface area contributed by atoms with Crippen LogP contribution in [0.5, 0.6) is 0 Å². The van der Waals surface area contributed by atoms with Gasteiger partial charge in [-0.1, -0.05) is 60.7 Å². The molecule has 0 aromatic heterocycles. The van der Waals surface area contributed by atoms with E-state index in [-0.39, 0.29) is 0 Å². The van der Waals surface area contributed by atoms with Gasteiger partial charge in [0.2, 0.25) is 0 Å². The van der Waals surface area contributed by atoms with Crippen molar-refractivity contribution in [1.82, 2.24) is 0 Å². The maximum atomic E-state index is 5.88. The molecule has 0 amide bonds. The summed E-state index contributed by atoms with van der Waals surface area (Å²) in [6.45, 7) is 2.86. The summed E-state index contributed by atoms with van der Waals surface area (Å²) >= 11 is 0. The summed E-state index contributed by atoms with van der Waals surface area (Å²) in [7, 11) is 0. The zero-order chi connectivity index (χ0) is 15.5. The third-order valence-corrected chi connectivity index (χ3v) is 4.80. The van der Waals surface area contributed by atoms with Gasteiger partial charge in [-0.25, -0.2) is 0 Å². The Bertz CT molecular complexity index is 558. The van der Waals surface area contributed by atoms with E-state index in [0.29, 0.717) is 37.3 Å². The van der Waals surface area contributed by atoms with E-state index < -0.39 is 0 Å². The van der Waals surface area contributed by atoms with Gasteiger partial charge >= 0.3 is 0 Å². The van der Waals surface area contributed by atoms with Crippen LogP contribution in [0.15, 0.2) is 60.7 Å². The summed E-state index contributed by atoms with van der Waals surface area (Å²) in [5, 5.41) is 0. The van der Waals surface area contributed by atoms with Crippen LogP contribution in [0.25, 0.3) is 0 Å². The maximum Gasteiger partial charge on any atom is 0.0900 e. The maximum absolute atomic E-state index is 5.88. The molecule has 1 heterocycles. The van der Waals surface area contributed by atoms with E-state index in [2.05, 4.69) is 24.3 Å². The zero-order valence-corrected chi connectivity index (χ0v) is 13.1. The summed E-state index contributed by atoms with van der Waals surface area (Å²) in [6.07, 6.45) is 0.826. The normalized spacial score (nSPS) is 28.0. The second kappa shape index (κ2) is 6.83. The first-order chi connectivity index (χ1) is 11.4. The molecule has 0 spiro atoms. The molecule has 2 aromatic rings. The first kappa shape index (κ1) is 14.9. The van der Waals surface area contributed by atoms with E-state index in [4.69, 9.17) is 14.2 Å². The van der Waals surface area contributed by atoms with Crippen molar-refractivity contribution >= 4 is 0 Å². The quantitative estimate of drug-likeness (QED) is 0.700. The van der Waals surface area contributed by atoms with Crippen LogP contribution >= 0.6 is 0 Å². The summed E-state index contributed by atoms with van der Waals surface area (Å²) in [6, 6.07) is 20.6. The van der Waals surface area contributed by atoms with E-state index in [1.54, 1.807) is 0 Å². The third-order valence-electron chi connectivity index (χ3n) is 4.80. The highest BCUT2D eigenvalue weighted by atomic mass is 16.6. The zero-order valence-electron chi connectivity index (χ0n) is 13.1. The van der Waals surface area contributed by atoms with Crippen LogP contribution in [0, 0.1) is 11.8 Å². The predicted molar refractivity (Wildman–Crippen MR) is 87.8 cm³/mol. The largest absolute Gasteiger partial charge is 0.376 e. The molecule has 120 valence electrons. The molecule has 4 atom stereocenters. The highest BCUT2D eigenvalue weighted by molar-refractivity contribution is 5.15. The Hall–Kier alpha value is -1.68. The number of epoxide rings is 1. The van der Waals surface area contributed by atoms with Gasteiger partial charge in [0, 0.05) is 11.8 Å². The van der Waals surface area contributed by atoms with Crippen LogP contribution in [-0.2, 0) is 27.4 Å². The van der Waals surface area contributed by atoms with Crippen molar-refractivity contribution in [2.45, 2.75) is 25.4 Å². The molecule has 2 aromatic carbocycles. The summed E-state index contributed by atoms with van der Waals surface area (Å²) in [4.78, 5) is 0. The van der Waals surface area contributed by atoms with E-state index in [9.17, 15) is 0 Å². The van der Waals surface area contributed by atoms with Crippen molar-refractivity contribution < 1.29 is 14.2 Å². The average Bonchev–Trinajstić information content (AvgIpc) is 3.32. The molecule has 4 rings (SSSR count). The fourth-order valence-electron chi connectivity index (χ4n) is 3.38. The van der Waals surface area contributed by atoms with Gasteiger partial charge in [0.15, 0.2) is 0 Å². The number of hydrogen-bond acceptors (Lipinski definition) is 3. The second-order valence-corrected chi connectivity index (χ2v) is 6.39. The number of hydrogen-bond donors (Lipinski definition) is 0. The molecule has 0 bridgehead atoms. The predicted octanol–water partition coefficient (Wildman–Crippen LogP) is 3.43. The Morgan fingerprint density at radius 3 is 1.52 bits per heavy atom. The third kappa shape index (κ3) is 3.47. The van der Waals surface area contributed by atoms with Gasteiger partial charge in [-0.05, 0) is 11.1 Å². The average molecular weight is 310 g/mol. The van der Waals surface area contributed by atoms with Gasteiger partial charge in [-0.15, -0.1) is 0 Å². The smallest absolute Gasteiger partial charge is 0.0900 e. The van der Waals surface area contributed by atoms with Crippen LogP contribution in [0.1, 0.15) is 11.1 Å². The fourth-order valence-corrected chi connectivity index (χ4v) is 3.38. The highest BCUT2D eigenvalue weighted by Gasteiger charge is 2.63. The molecule has 0 radical (unpaired) electrons. The molecular weight excluding hydrogens is 288 g/mol. The molecule has 1 saturated carbocycles. The Kier molecular flexibility index (Phi) is 4.42. The van der Waals surface area contributed by atoms with Crippen molar-refractivity contribution in [1.29, 1.82) is 0 Å². The molecule has 1 saturated heterocycles. The van der Waals surface area contributed by atoms with Crippen molar-refractivity contribution in [3.8, 4) is 0 Å². The standard InChI is InChI=1S/C20H22O3/c1-3-7-15(8-4-1)11-21-13-17-18(20-19(17)23-20)14-22-12-16-9-5-2-6-10-16/h1-10,17-20H,11-14H2/t17-,18-,19-,20+/m1/s1. The van der Waals surface area contributed by atoms with Crippen molar-refractivity contribution in [3.05, 3.63) is 71.8 Å². The van der Waals surface area contributed by atoms with Crippen molar-refractivity contribution in [3.63, 3.8) is 0 Å². The van der Waals surface area contributed by atoms with Gasteiger partial charge in [-0.3, -0.25) is 0 Å². The van der Waals surface area contributed by atoms with E-state index >= 15 is 0 Å². The Labute approximate surface area is 137 Å². The highest BCUT2D eigenvalue weighted by Crippen LogP contribution is 2.52. The molecule has 3 heteroatoms. The van der Waals surface area contributed by atoms with Crippen LogP contribution in [0.2, 0.25) is 0 Å². The molecule has 2 aliphatic rings. The van der Waals surface area contributed by atoms with Gasteiger partial charge in [-0.2, -0.15) is 0 Å². The van der Waals surface area contributed by atoms with Gasteiger partial charge < -0.3 is 14.2 Å². The SMILES string of the molecule is c1ccc(COC[C@@H]2[C@@H](COCc3ccccc3)[C@@H]3O[C@H]23)cc1. The summed E-state index contributed by atoms with van der Waals surface area (Å²) in [5.74, 6) is 0.971. The molecular formula is C20H22O3. The number of ether oxygens (including phenoxy) is 3. The molecule has 2 fully saturated rings. The lowest BCUT2D eigenvalue weighted by Gasteiger charge is -2.31. The van der Waals surface area contributed by atoms with Crippen LogP contribution in [0.4, 0.5) is 0 Å². The Balaban J connectivity index is 1.19. The first-order valence-electron chi connectivity index (χ1n) is 8.30. The monoisotopic (exact) mass is 310 g/mol. The minimum Gasteiger partial charge on any atom is -0.376 e. The van der Waals surface area contributed by atoms with E-state index in [1.807, 2.05) is 36.4 Å². The van der Waals surface area contributed by atoms with Crippen molar-refractivity contribution in [2.24, 2.45) is 11.8 Å². The Morgan fingerprint density at radius 2 is 1.09 bits per heavy atom. The molecule has 1 aliphatic carbocycles. The van der Waals surface area contributed by atoms with Gasteiger partial charge in [0.25, 0.3) is 0 Å². The summed E-state index contributed by atoms with van der Waals surface area (Å²) in [5.41, 5.74) is 2.44. The lowest BCUT2D eigenvalue weighted by Crippen LogP contribution is -2.42. The fraction of sp³-hybridized carbons (Fsp3) is 0.400. The van der Waals surface area contributed by atoms with E-state index in [1.165, 1.54) is 11.1 Å². The topological polar surface area (TPSA) is 31.0 Å². The lowest BCUT2D eigenvalue weighted by molar-refractivity contribution is -0.00269. The molecule has 0 N–H and O–H groups in total. The number of rotatable bonds is 8. The molecule has 3 nitrogen and oxygen atoms in total. The van der Waals surface area contributed by atoms with Crippen LogP contribution in [-0.4, -0.2) is 25.4 Å². The van der Waals surface area contributed by atoms with Gasteiger partial charge in [0.1, 0.15) is 0 Å². The first-order valence-corrected chi connectivity index (χ1v) is 8.30. The molecule has 1 aliphatic heterocycles. The van der Waals surface area contributed by atoms with E-state index in [0.717, 1.165) is 13.2 Å². The number of benzene rings is 2. The second-order valence-electron chi connectivity index (χ2n) is 6.39. The number of fused-ring (bicyclic) bond motifs is 1. The van der Waals surface area contributed by atoms with Crippen LogP contribution in [0.3, 0.4) is 0 Å². The van der Waals surface area contributed by atoms with Crippen molar-refractivity contribution in [2.75, 3.05) is 13.2 Å². The van der Waals surface area contributed by atoms with Crippen LogP contribution < -0.4 is 0 Å². The van der Waals surface area contributed by atoms with Gasteiger partial charge in [0.05, 0.1) is 38.6 Å². The molecule has 23 heavy (non-hydrogen) atoms. The minimum absolute atomic E-state index is 0.413. The summed E-state index contributed by atoms with van der Waals surface area (Å²) < 4.78 is 17.5. The Morgan fingerprint density at radius 1 is 0.652 bits per heavy atom. The lowest BCUT2D eigenvalue weighted by atomic mass is 9.74.